The fraction of sp³-hybridized carbons (Fsp3) is 0.438. The number of halogens is 2. The van der Waals surface area contributed by atoms with Crippen LogP contribution in [0.5, 0.6) is 0 Å². The van der Waals surface area contributed by atoms with E-state index in [0.29, 0.717) is 40.2 Å². The van der Waals surface area contributed by atoms with E-state index in [1.54, 1.807) is 6.92 Å². The zero-order valence-electron chi connectivity index (χ0n) is 15.5. The van der Waals surface area contributed by atoms with Crippen LogP contribution in [0.4, 0.5) is 5.13 Å². The zero-order chi connectivity index (χ0) is 21.1. The molecule has 1 fully saturated rings. The molecular weight excluding hydrogens is 441 g/mol. The van der Waals surface area contributed by atoms with Crippen molar-refractivity contribution >= 4 is 51.5 Å². The van der Waals surface area contributed by atoms with Crippen molar-refractivity contribution in [2.45, 2.75) is 25.4 Å². The van der Waals surface area contributed by atoms with E-state index < -0.39 is 24.0 Å². The van der Waals surface area contributed by atoms with E-state index in [2.05, 4.69) is 25.3 Å². The maximum atomic E-state index is 12.6. The standard InChI is InChI=1S/C16H17Cl2N7O3S/c1-7-11(17)12(18)13(21-7)14(26)22-8-3-4-25(6-9(8)23-24-19)16-20-5-10(29-16)15(27)28-2/h5,8-9,21H,3-4,6H2,1-2H3,(H,22,26)/t8-,9+/m0/s1. The van der Waals surface area contributed by atoms with Gasteiger partial charge in [0, 0.05) is 29.7 Å². The van der Waals surface area contributed by atoms with Gasteiger partial charge in [0.1, 0.15) is 10.6 Å². The minimum atomic E-state index is -0.534. The number of azide groups is 1. The maximum absolute atomic E-state index is 12.6. The minimum absolute atomic E-state index is 0.151. The maximum Gasteiger partial charge on any atom is 0.349 e. The number of amides is 1. The van der Waals surface area contributed by atoms with Gasteiger partial charge in [0.2, 0.25) is 0 Å². The quantitative estimate of drug-likeness (QED) is 0.306. The van der Waals surface area contributed by atoms with Crippen LogP contribution >= 0.6 is 34.5 Å². The Morgan fingerprint density at radius 3 is 2.86 bits per heavy atom. The van der Waals surface area contributed by atoms with Crippen molar-refractivity contribution < 1.29 is 14.3 Å². The molecule has 0 radical (unpaired) electrons. The Morgan fingerprint density at radius 1 is 1.48 bits per heavy atom. The van der Waals surface area contributed by atoms with E-state index in [0.717, 1.165) is 0 Å². The topological polar surface area (TPSA) is 136 Å². The molecule has 0 aliphatic carbocycles. The number of aryl methyl sites for hydroxylation is 1. The average molecular weight is 458 g/mol. The van der Waals surface area contributed by atoms with Crippen LogP contribution in [0.25, 0.3) is 10.4 Å². The van der Waals surface area contributed by atoms with Gasteiger partial charge in [0.25, 0.3) is 5.91 Å². The number of hydrogen-bond acceptors (Lipinski definition) is 7. The lowest BCUT2D eigenvalue weighted by atomic mass is 10.00. The second-order valence-electron chi connectivity index (χ2n) is 6.34. The molecule has 3 rings (SSSR count). The molecular formula is C16H17Cl2N7O3S. The summed E-state index contributed by atoms with van der Waals surface area (Å²) in [6.45, 7) is 2.60. The molecule has 3 heterocycles. The van der Waals surface area contributed by atoms with E-state index >= 15 is 0 Å². The Morgan fingerprint density at radius 2 is 2.24 bits per heavy atom. The Balaban J connectivity index is 1.73. The van der Waals surface area contributed by atoms with E-state index in [4.69, 9.17) is 33.5 Å². The number of thiazole rings is 1. The molecule has 1 saturated heterocycles. The number of nitrogens with zero attached hydrogens (tertiary/aromatic N) is 5. The van der Waals surface area contributed by atoms with Gasteiger partial charge in [0.15, 0.2) is 5.13 Å². The summed E-state index contributed by atoms with van der Waals surface area (Å²) in [5.41, 5.74) is 9.70. The number of nitrogens with one attached hydrogen (secondary N) is 2. The molecule has 1 aliphatic heterocycles. The van der Waals surface area contributed by atoms with Crippen LogP contribution in [0.15, 0.2) is 11.3 Å². The number of ether oxygens (including phenoxy) is 1. The van der Waals surface area contributed by atoms with E-state index in [9.17, 15) is 9.59 Å². The van der Waals surface area contributed by atoms with Crippen LogP contribution < -0.4 is 10.2 Å². The van der Waals surface area contributed by atoms with Crippen molar-refractivity contribution in [1.29, 1.82) is 0 Å². The fourth-order valence-corrected chi connectivity index (χ4v) is 4.32. The number of aromatic nitrogens is 2. The van der Waals surface area contributed by atoms with Crippen LogP contribution in [0.1, 0.15) is 32.3 Å². The summed E-state index contributed by atoms with van der Waals surface area (Å²) in [5.74, 6) is -0.886. The number of carbonyl (C=O) groups excluding carboxylic acids is 2. The first-order valence-corrected chi connectivity index (χ1v) is 10.1. The Hall–Kier alpha value is -2.46. The van der Waals surface area contributed by atoms with E-state index in [1.165, 1.54) is 24.6 Å². The third-order valence-electron chi connectivity index (χ3n) is 4.53. The molecule has 0 spiro atoms. The van der Waals surface area contributed by atoms with Crippen LogP contribution in [0.3, 0.4) is 0 Å². The molecule has 10 nitrogen and oxygen atoms in total. The number of H-pyrrole nitrogens is 1. The fourth-order valence-electron chi connectivity index (χ4n) is 3.03. The average Bonchev–Trinajstić information content (AvgIpc) is 3.30. The van der Waals surface area contributed by atoms with E-state index in [1.807, 2.05) is 4.90 Å². The lowest BCUT2D eigenvalue weighted by molar-refractivity contribution is 0.0606. The summed E-state index contributed by atoms with van der Waals surface area (Å²) >= 11 is 13.3. The van der Waals surface area contributed by atoms with Gasteiger partial charge in [-0.05, 0) is 18.9 Å². The van der Waals surface area contributed by atoms with Crippen molar-refractivity contribution in [2.24, 2.45) is 5.11 Å². The van der Waals surface area contributed by atoms with Gasteiger partial charge in [-0.2, -0.15) is 0 Å². The second kappa shape index (κ2) is 8.91. The molecule has 13 heteroatoms. The van der Waals surface area contributed by atoms with Crippen molar-refractivity contribution in [1.82, 2.24) is 15.3 Å². The molecule has 0 bridgehead atoms. The number of hydrogen-bond donors (Lipinski definition) is 2. The van der Waals surface area contributed by atoms with Crippen molar-refractivity contribution in [3.05, 3.63) is 42.9 Å². The molecule has 2 aromatic rings. The van der Waals surface area contributed by atoms with Crippen molar-refractivity contribution in [2.75, 3.05) is 25.1 Å². The third-order valence-corrected chi connectivity index (χ3v) is 6.52. The number of methoxy groups -OCH3 is 1. The number of carbonyl (C=O) groups is 2. The zero-order valence-corrected chi connectivity index (χ0v) is 17.8. The van der Waals surface area contributed by atoms with Gasteiger partial charge in [-0.3, -0.25) is 4.79 Å². The van der Waals surface area contributed by atoms with Gasteiger partial charge >= 0.3 is 5.97 Å². The number of aromatic amines is 1. The molecule has 154 valence electrons. The highest BCUT2D eigenvalue weighted by molar-refractivity contribution is 7.17. The summed E-state index contributed by atoms with van der Waals surface area (Å²) in [4.78, 5) is 36.5. The molecule has 0 aromatic carbocycles. The SMILES string of the molecule is COC(=O)c1cnc(N2CC[C@H](NC(=O)c3[nH]c(C)c(Cl)c3Cl)[C@H](N=[N+]=[N-])C2)s1. The summed E-state index contributed by atoms with van der Waals surface area (Å²) in [7, 11) is 1.30. The number of rotatable bonds is 5. The lowest BCUT2D eigenvalue weighted by Crippen LogP contribution is -2.53. The largest absolute Gasteiger partial charge is 0.465 e. The monoisotopic (exact) mass is 457 g/mol. The van der Waals surface area contributed by atoms with Crippen molar-refractivity contribution in [3.8, 4) is 0 Å². The van der Waals surface area contributed by atoms with Gasteiger partial charge in [0.05, 0.1) is 29.4 Å². The number of piperidine rings is 1. The lowest BCUT2D eigenvalue weighted by Gasteiger charge is -2.36. The third kappa shape index (κ3) is 4.43. The van der Waals surface area contributed by atoms with E-state index in [-0.39, 0.29) is 10.7 Å². The highest BCUT2D eigenvalue weighted by Gasteiger charge is 2.32. The number of anilines is 1. The highest BCUT2D eigenvalue weighted by Crippen LogP contribution is 2.30. The van der Waals surface area contributed by atoms with Gasteiger partial charge in [-0.1, -0.05) is 39.7 Å². The van der Waals surface area contributed by atoms with Crippen LogP contribution in [-0.4, -0.2) is 54.1 Å². The molecule has 1 aliphatic rings. The van der Waals surface area contributed by atoms with Crippen LogP contribution in [0.2, 0.25) is 10.0 Å². The first-order chi connectivity index (χ1) is 13.8. The minimum Gasteiger partial charge on any atom is -0.465 e. The summed E-state index contributed by atoms with van der Waals surface area (Å²) in [5, 5.41) is 7.75. The molecule has 2 N–H and O–H groups in total. The molecule has 0 unspecified atom stereocenters. The second-order valence-corrected chi connectivity index (χ2v) is 8.10. The van der Waals surface area contributed by atoms with Gasteiger partial charge in [-0.25, -0.2) is 9.78 Å². The predicted octanol–water partition coefficient (Wildman–Crippen LogP) is 3.56. The molecule has 1 amide bonds. The Bertz CT molecular complexity index is 985. The Labute approximate surface area is 179 Å². The highest BCUT2D eigenvalue weighted by atomic mass is 35.5. The Kier molecular flexibility index (Phi) is 6.53. The molecule has 0 saturated carbocycles. The first kappa shape index (κ1) is 21.3. The first-order valence-electron chi connectivity index (χ1n) is 8.53. The molecule has 2 aromatic heterocycles. The summed E-state index contributed by atoms with van der Waals surface area (Å²) in [6, 6.07) is -0.929. The van der Waals surface area contributed by atoms with Gasteiger partial charge in [-0.15, -0.1) is 0 Å². The van der Waals surface area contributed by atoms with Crippen LogP contribution in [-0.2, 0) is 4.74 Å². The molecule has 29 heavy (non-hydrogen) atoms. The van der Waals surface area contributed by atoms with Gasteiger partial charge < -0.3 is 19.9 Å². The predicted molar refractivity (Wildman–Crippen MR) is 110 cm³/mol. The molecule has 2 atom stereocenters. The summed E-state index contributed by atoms with van der Waals surface area (Å²) < 4.78 is 4.69. The summed E-state index contributed by atoms with van der Waals surface area (Å²) in [6.07, 6.45) is 1.95. The smallest absolute Gasteiger partial charge is 0.349 e. The number of esters is 1. The van der Waals surface area contributed by atoms with Crippen molar-refractivity contribution in [3.63, 3.8) is 0 Å². The normalized spacial score (nSPS) is 18.8. The van der Waals surface area contributed by atoms with Crippen LogP contribution in [0, 0.1) is 6.92 Å².